The Kier molecular flexibility index (Phi) is 6.58. The Balaban J connectivity index is 2.62. The van der Waals surface area contributed by atoms with Crippen LogP contribution in [0, 0.1) is 5.92 Å². The maximum Gasteiger partial charge on any atom is 0.407 e. The lowest BCUT2D eigenvalue weighted by molar-refractivity contribution is 0.0305. The second kappa shape index (κ2) is 7.70. The number of alkyl carbamates (subject to hydrolysis) is 1. The van der Waals surface area contributed by atoms with E-state index in [1.165, 1.54) is 0 Å². The maximum atomic E-state index is 11.5. The number of likely N-dealkylation sites (tertiary alicyclic amines) is 1. The largest absolute Gasteiger partial charge is 0.450 e. The Morgan fingerprint density at radius 3 is 2.63 bits per heavy atom. The van der Waals surface area contributed by atoms with Crippen LogP contribution in [0.4, 0.5) is 4.79 Å². The predicted octanol–water partition coefficient (Wildman–Crippen LogP) is 1.60. The number of nitrogens with one attached hydrogen (secondary N) is 1. The molecule has 0 spiro atoms. The lowest BCUT2D eigenvalue weighted by atomic mass is 9.89. The summed E-state index contributed by atoms with van der Waals surface area (Å²) < 4.78 is 4.93. The van der Waals surface area contributed by atoms with E-state index in [0.29, 0.717) is 12.6 Å². The van der Waals surface area contributed by atoms with Gasteiger partial charge in [0.15, 0.2) is 0 Å². The maximum absolute atomic E-state index is 11.5. The SMILES string of the molecule is CCOC(=O)NC1CC(C(C)O)CN(C(C)CC)C1. The number of hydrogen-bond donors (Lipinski definition) is 2. The van der Waals surface area contributed by atoms with Gasteiger partial charge in [0, 0.05) is 25.2 Å². The fraction of sp³-hybridized carbons (Fsp3) is 0.929. The summed E-state index contributed by atoms with van der Waals surface area (Å²) in [7, 11) is 0. The molecule has 1 saturated heterocycles. The van der Waals surface area contributed by atoms with E-state index in [4.69, 9.17) is 4.74 Å². The van der Waals surface area contributed by atoms with Crippen LogP contribution in [0.3, 0.4) is 0 Å². The molecule has 0 radical (unpaired) electrons. The van der Waals surface area contributed by atoms with E-state index in [1.807, 2.05) is 6.92 Å². The standard InChI is InChI=1S/C14H28N2O3/c1-5-10(3)16-8-12(11(4)17)7-13(9-16)15-14(18)19-6-2/h10-13,17H,5-9H2,1-4H3,(H,15,18). The number of ether oxygens (including phenoxy) is 1. The number of aliphatic hydroxyl groups excluding tert-OH is 1. The van der Waals surface area contributed by atoms with Crippen molar-refractivity contribution in [1.82, 2.24) is 10.2 Å². The van der Waals surface area contributed by atoms with Crippen LogP contribution in [0.25, 0.3) is 0 Å². The first-order valence-electron chi connectivity index (χ1n) is 7.33. The summed E-state index contributed by atoms with van der Waals surface area (Å²) in [5.41, 5.74) is 0. The highest BCUT2D eigenvalue weighted by Crippen LogP contribution is 2.22. The minimum Gasteiger partial charge on any atom is -0.450 e. The molecule has 5 heteroatoms. The summed E-state index contributed by atoms with van der Waals surface area (Å²) in [4.78, 5) is 13.9. The van der Waals surface area contributed by atoms with Crippen molar-refractivity contribution >= 4 is 6.09 Å². The number of piperidine rings is 1. The summed E-state index contributed by atoms with van der Waals surface area (Å²) in [6.45, 7) is 10.1. The average Bonchev–Trinajstić information content (AvgIpc) is 2.37. The molecule has 1 aliphatic rings. The van der Waals surface area contributed by atoms with E-state index in [2.05, 4.69) is 24.1 Å². The molecule has 0 saturated carbocycles. The third-order valence-electron chi connectivity index (χ3n) is 4.00. The topological polar surface area (TPSA) is 61.8 Å². The van der Waals surface area contributed by atoms with Crippen molar-refractivity contribution in [3.63, 3.8) is 0 Å². The van der Waals surface area contributed by atoms with Gasteiger partial charge in [0.25, 0.3) is 0 Å². The van der Waals surface area contributed by atoms with Gasteiger partial charge in [-0.3, -0.25) is 4.90 Å². The molecule has 0 aromatic rings. The van der Waals surface area contributed by atoms with Crippen molar-refractivity contribution in [2.75, 3.05) is 19.7 Å². The lowest BCUT2D eigenvalue weighted by Gasteiger charge is -2.41. The van der Waals surface area contributed by atoms with E-state index < -0.39 is 0 Å². The van der Waals surface area contributed by atoms with Crippen molar-refractivity contribution < 1.29 is 14.6 Å². The predicted molar refractivity (Wildman–Crippen MR) is 75.1 cm³/mol. The van der Waals surface area contributed by atoms with Crippen LogP contribution in [0.5, 0.6) is 0 Å². The van der Waals surface area contributed by atoms with Crippen LogP contribution in [0.1, 0.15) is 40.5 Å². The molecule has 0 aromatic carbocycles. The van der Waals surface area contributed by atoms with Crippen LogP contribution < -0.4 is 5.32 Å². The Labute approximate surface area is 116 Å². The van der Waals surface area contributed by atoms with E-state index in [1.54, 1.807) is 6.92 Å². The lowest BCUT2D eigenvalue weighted by Crippen LogP contribution is -2.54. The molecule has 1 fully saturated rings. The van der Waals surface area contributed by atoms with Crippen LogP contribution >= 0.6 is 0 Å². The number of carbonyl (C=O) groups excluding carboxylic acids is 1. The van der Waals surface area contributed by atoms with Gasteiger partial charge in [-0.15, -0.1) is 0 Å². The normalized spacial score (nSPS) is 27.6. The van der Waals surface area contributed by atoms with Crippen molar-refractivity contribution in [2.24, 2.45) is 5.92 Å². The Bertz CT molecular complexity index is 284. The number of nitrogens with zero attached hydrogens (tertiary/aromatic N) is 1. The molecule has 1 amide bonds. The molecule has 19 heavy (non-hydrogen) atoms. The highest BCUT2D eigenvalue weighted by Gasteiger charge is 2.32. The molecule has 2 N–H and O–H groups in total. The molecule has 112 valence electrons. The van der Waals surface area contributed by atoms with Crippen LogP contribution in [0.15, 0.2) is 0 Å². The Hall–Kier alpha value is -0.810. The minimum absolute atomic E-state index is 0.0569. The molecule has 0 bridgehead atoms. The summed E-state index contributed by atoms with van der Waals surface area (Å²) in [6, 6.07) is 0.523. The molecule has 5 nitrogen and oxygen atoms in total. The second-order valence-electron chi connectivity index (χ2n) is 5.51. The van der Waals surface area contributed by atoms with Gasteiger partial charge in [0.05, 0.1) is 12.7 Å². The van der Waals surface area contributed by atoms with Gasteiger partial charge in [0.1, 0.15) is 0 Å². The summed E-state index contributed by atoms with van der Waals surface area (Å²) in [5, 5.41) is 12.7. The average molecular weight is 272 g/mol. The van der Waals surface area contributed by atoms with Gasteiger partial charge in [-0.25, -0.2) is 4.79 Å². The van der Waals surface area contributed by atoms with E-state index >= 15 is 0 Å². The second-order valence-corrected chi connectivity index (χ2v) is 5.51. The molecule has 4 unspecified atom stereocenters. The first-order chi connectivity index (χ1) is 8.97. The number of aliphatic hydroxyl groups is 1. The van der Waals surface area contributed by atoms with Gasteiger partial charge < -0.3 is 15.2 Å². The molecule has 0 aromatic heterocycles. The third kappa shape index (κ3) is 4.99. The zero-order valence-corrected chi connectivity index (χ0v) is 12.6. The van der Waals surface area contributed by atoms with E-state index in [-0.39, 0.29) is 24.2 Å². The van der Waals surface area contributed by atoms with Gasteiger partial charge in [-0.1, -0.05) is 6.92 Å². The number of carbonyl (C=O) groups is 1. The monoisotopic (exact) mass is 272 g/mol. The summed E-state index contributed by atoms with van der Waals surface area (Å²) >= 11 is 0. The van der Waals surface area contributed by atoms with Crippen molar-refractivity contribution in [3.05, 3.63) is 0 Å². The molecule has 1 heterocycles. The van der Waals surface area contributed by atoms with Crippen molar-refractivity contribution in [2.45, 2.75) is 58.7 Å². The van der Waals surface area contributed by atoms with Crippen LogP contribution in [-0.2, 0) is 4.74 Å². The highest BCUT2D eigenvalue weighted by atomic mass is 16.5. The molecular weight excluding hydrogens is 244 g/mol. The molecule has 1 aliphatic heterocycles. The van der Waals surface area contributed by atoms with Gasteiger partial charge in [-0.05, 0) is 39.5 Å². The highest BCUT2D eigenvalue weighted by molar-refractivity contribution is 5.67. The van der Waals surface area contributed by atoms with E-state index in [0.717, 1.165) is 25.9 Å². The first kappa shape index (κ1) is 16.2. The molecule has 0 aliphatic carbocycles. The number of amides is 1. The first-order valence-corrected chi connectivity index (χ1v) is 7.33. The molecular formula is C14H28N2O3. The van der Waals surface area contributed by atoms with Crippen LogP contribution in [-0.4, -0.2) is 54.0 Å². The fourth-order valence-electron chi connectivity index (χ4n) is 2.58. The molecule has 4 atom stereocenters. The van der Waals surface area contributed by atoms with Crippen molar-refractivity contribution in [1.29, 1.82) is 0 Å². The van der Waals surface area contributed by atoms with Gasteiger partial charge >= 0.3 is 6.09 Å². The number of hydrogen-bond acceptors (Lipinski definition) is 4. The quantitative estimate of drug-likeness (QED) is 0.798. The smallest absolute Gasteiger partial charge is 0.407 e. The zero-order valence-electron chi connectivity index (χ0n) is 12.6. The molecule has 1 rings (SSSR count). The van der Waals surface area contributed by atoms with Crippen molar-refractivity contribution in [3.8, 4) is 0 Å². The Morgan fingerprint density at radius 1 is 1.42 bits per heavy atom. The fourth-order valence-corrected chi connectivity index (χ4v) is 2.58. The summed E-state index contributed by atoms with van der Waals surface area (Å²) in [5.74, 6) is 0.203. The van der Waals surface area contributed by atoms with E-state index in [9.17, 15) is 9.90 Å². The number of rotatable bonds is 5. The van der Waals surface area contributed by atoms with Crippen LogP contribution in [0.2, 0.25) is 0 Å². The van der Waals surface area contributed by atoms with Gasteiger partial charge in [0.2, 0.25) is 0 Å². The summed E-state index contributed by atoms with van der Waals surface area (Å²) in [6.07, 6.45) is 1.17. The minimum atomic E-state index is -0.358. The zero-order chi connectivity index (χ0) is 14.4. The van der Waals surface area contributed by atoms with Gasteiger partial charge in [-0.2, -0.15) is 0 Å². The third-order valence-corrected chi connectivity index (χ3v) is 4.00. The Morgan fingerprint density at radius 2 is 2.11 bits per heavy atom.